The SMILES string of the molecule is CCOC(=O)c1c(C)cccc1-c1ccc2ccncc2c1. The van der Waals surface area contributed by atoms with E-state index in [1.807, 2.05) is 56.4 Å². The van der Waals surface area contributed by atoms with Gasteiger partial charge in [0.15, 0.2) is 0 Å². The zero-order chi connectivity index (χ0) is 15.5. The Kier molecular flexibility index (Phi) is 3.88. The molecule has 0 amide bonds. The second kappa shape index (κ2) is 5.98. The highest BCUT2D eigenvalue weighted by molar-refractivity contribution is 6.00. The Morgan fingerprint density at radius 1 is 1.14 bits per heavy atom. The molecule has 110 valence electrons. The third kappa shape index (κ3) is 2.58. The summed E-state index contributed by atoms with van der Waals surface area (Å²) in [7, 11) is 0. The average molecular weight is 291 g/mol. The smallest absolute Gasteiger partial charge is 0.339 e. The second-order valence-corrected chi connectivity index (χ2v) is 5.16. The summed E-state index contributed by atoms with van der Waals surface area (Å²) in [6.07, 6.45) is 3.61. The molecule has 0 fully saturated rings. The van der Waals surface area contributed by atoms with Gasteiger partial charge in [0.1, 0.15) is 0 Å². The number of hydrogen-bond acceptors (Lipinski definition) is 3. The van der Waals surface area contributed by atoms with Gasteiger partial charge in [0.05, 0.1) is 12.2 Å². The zero-order valence-electron chi connectivity index (χ0n) is 12.7. The molecule has 22 heavy (non-hydrogen) atoms. The van der Waals surface area contributed by atoms with Crippen LogP contribution in [0.3, 0.4) is 0 Å². The maximum atomic E-state index is 12.3. The van der Waals surface area contributed by atoms with Crippen molar-refractivity contribution in [3.63, 3.8) is 0 Å². The lowest BCUT2D eigenvalue weighted by molar-refractivity contribution is 0.0526. The van der Waals surface area contributed by atoms with E-state index in [1.54, 1.807) is 6.20 Å². The van der Waals surface area contributed by atoms with Gasteiger partial charge in [0.25, 0.3) is 0 Å². The summed E-state index contributed by atoms with van der Waals surface area (Å²) in [5, 5.41) is 2.18. The van der Waals surface area contributed by atoms with E-state index in [-0.39, 0.29) is 5.97 Å². The van der Waals surface area contributed by atoms with Crippen molar-refractivity contribution in [1.29, 1.82) is 0 Å². The molecule has 0 saturated heterocycles. The van der Waals surface area contributed by atoms with Gasteiger partial charge in [-0.1, -0.05) is 30.3 Å². The Hall–Kier alpha value is -2.68. The van der Waals surface area contributed by atoms with E-state index in [2.05, 4.69) is 11.1 Å². The monoisotopic (exact) mass is 291 g/mol. The molecule has 0 unspecified atom stereocenters. The molecule has 0 spiro atoms. The van der Waals surface area contributed by atoms with Crippen LogP contribution >= 0.6 is 0 Å². The van der Waals surface area contributed by atoms with Crippen molar-refractivity contribution < 1.29 is 9.53 Å². The summed E-state index contributed by atoms with van der Waals surface area (Å²) < 4.78 is 5.21. The number of ether oxygens (including phenoxy) is 1. The minimum absolute atomic E-state index is 0.276. The first-order chi connectivity index (χ1) is 10.7. The minimum Gasteiger partial charge on any atom is -0.462 e. The maximum Gasteiger partial charge on any atom is 0.339 e. The van der Waals surface area contributed by atoms with Gasteiger partial charge in [0.2, 0.25) is 0 Å². The largest absolute Gasteiger partial charge is 0.462 e. The standard InChI is InChI=1S/C19H17NO2/c1-3-22-19(21)18-13(2)5-4-6-17(18)15-8-7-14-9-10-20-12-16(14)11-15/h4-12H,3H2,1-2H3. The molecule has 3 nitrogen and oxygen atoms in total. The number of nitrogens with zero attached hydrogens (tertiary/aromatic N) is 1. The molecule has 0 radical (unpaired) electrons. The maximum absolute atomic E-state index is 12.3. The fourth-order valence-electron chi connectivity index (χ4n) is 2.64. The highest BCUT2D eigenvalue weighted by Crippen LogP contribution is 2.29. The predicted molar refractivity (Wildman–Crippen MR) is 87.9 cm³/mol. The van der Waals surface area contributed by atoms with Crippen LogP contribution in [-0.2, 0) is 4.74 Å². The first-order valence-electron chi connectivity index (χ1n) is 7.31. The van der Waals surface area contributed by atoms with E-state index in [1.165, 1.54) is 0 Å². The number of hydrogen-bond donors (Lipinski definition) is 0. The molecular weight excluding hydrogens is 274 g/mol. The van der Waals surface area contributed by atoms with Gasteiger partial charge in [-0.3, -0.25) is 4.98 Å². The Bertz CT molecular complexity index is 840. The number of fused-ring (bicyclic) bond motifs is 1. The second-order valence-electron chi connectivity index (χ2n) is 5.16. The lowest BCUT2D eigenvalue weighted by Crippen LogP contribution is -2.08. The van der Waals surface area contributed by atoms with Crippen LogP contribution in [0.1, 0.15) is 22.8 Å². The quantitative estimate of drug-likeness (QED) is 0.672. The van der Waals surface area contributed by atoms with Crippen LogP contribution in [0.15, 0.2) is 54.9 Å². The molecule has 2 aromatic carbocycles. The molecular formula is C19H17NO2. The first kappa shape index (κ1) is 14.3. The van der Waals surface area contributed by atoms with Gasteiger partial charge < -0.3 is 4.74 Å². The molecule has 0 aliphatic heterocycles. The number of carbonyl (C=O) groups is 1. The Morgan fingerprint density at radius 3 is 2.82 bits per heavy atom. The molecule has 0 aliphatic carbocycles. The number of rotatable bonds is 3. The summed E-state index contributed by atoms with van der Waals surface area (Å²) in [5.41, 5.74) is 3.44. The minimum atomic E-state index is -0.276. The molecule has 0 bridgehead atoms. The number of aryl methyl sites for hydroxylation is 1. The van der Waals surface area contributed by atoms with Crippen LogP contribution in [0.25, 0.3) is 21.9 Å². The Labute approximate surface area is 129 Å². The number of aromatic nitrogens is 1. The van der Waals surface area contributed by atoms with E-state index in [4.69, 9.17) is 4.74 Å². The van der Waals surface area contributed by atoms with E-state index in [0.29, 0.717) is 12.2 Å². The topological polar surface area (TPSA) is 39.2 Å². The van der Waals surface area contributed by atoms with Crippen LogP contribution in [0.2, 0.25) is 0 Å². The average Bonchev–Trinajstić information content (AvgIpc) is 2.54. The number of benzene rings is 2. The molecule has 3 heteroatoms. The Morgan fingerprint density at radius 2 is 2.00 bits per heavy atom. The fraction of sp³-hybridized carbons (Fsp3) is 0.158. The van der Waals surface area contributed by atoms with Crippen molar-refractivity contribution >= 4 is 16.7 Å². The number of carbonyl (C=O) groups excluding carboxylic acids is 1. The van der Waals surface area contributed by atoms with Crippen molar-refractivity contribution in [3.8, 4) is 11.1 Å². The van der Waals surface area contributed by atoms with Gasteiger partial charge >= 0.3 is 5.97 Å². The van der Waals surface area contributed by atoms with Gasteiger partial charge in [-0.05, 0) is 48.1 Å². The van der Waals surface area contributed by atoms with Gasteiger partial charge in [-0.15, -0.1) is 0 Å². The third-order valence-corrected chi connectivity index (χ3v) is 3.70. The summed E-state index contributed by atoms with van der Waals surface area (Å²) in [6.45, 7) is 4.12. The number of pyridine rings is 1. The molecule has 1 aromatic heterocycles. The highest BCUT2D eigenvalue weighted by Gasteiger charge is 2.16. The van der Waals surface area contributed by atoms with E-state index >= 15 is 0 Å². The van der Waals surface area contributed by atoms with E-state index in [9.17, 15) is 4.79 Å². The van der Waals surface area contributed by atoms with Crippen LogP contribution in [0.5, 0.6) is 0 Å². The zero-order valence-corrected chi connectivity index (χ0v) is 12.7. The van der Waals surface area contributed by atoms with Gasteiger partial charge in [-0.2, -0.15) is 0 Å². The highest BCUT2D eigenvalue weighted by atomic mass is 16.5. The summed E-state index contributed by atoms with van der Waals surface area (Å²) >= 11 is 0. The lowest BCUT2D eigenvalue weighted by atomic mass is 9.95. The molecule has 0 atom stereocenters. The molecule has 0 N–H and O–H groups in total. The molecule has 3 aromatic rings. The Balaban J connectivity index is 2.17. The lowest BCUT2D eigenvalue weighted by Gasteiger charge is -2.12. The van der Waals surface area contributed by atoms with Crippen LogP contribution in [-0.4, -0.2) is 17.6 Å². The van der Waals surface area contributed by atoms with E-state index in [0.717, 1.165) is 27.5 Å². The molecule has 0 aliphatic rings. The third-order valence-electron chi connectivity index (χ3n) is 3.70. The van der Waals surface area contributed by atoms with E-state index < -0.39 is 0 Å². The van der Waals surface area contributed by atoms with Crippen molar-refractivity contribution in [2.75, 3.05) is 6.61 Å². The van der Waals surface area contributed by atoms with Crippen molar-refractivity contribution in [3.05, 3.63) is 66.0 Å². The van der Waals surface area contributed by atoms with Crippen molar-refractivity contribution in [2.45, 2.75) is 13.8 Å². The summed E-state index contributed by atoms with van der Waals surface area (Å²) in [5.74, 6) is -0.276. The van der Waals surface area contributed by atoms with Gasteiger partial charge in [0, 0.05) is 17.8 Å². The fourth-order valence-corrected chi connectivity index (χ4v) is 2.64. The predicted octanol–water partition coefficient (Wildman–Crippen LogP) is 4.39. The summed E-state index contributed by atoms with van der Waals surface area (Å²) in [6, 6.07) is 13.9. The van der Waals surface area contributed by atoms with Crippen molar-refractivity contribution in [1.82, 2.24) is 4.98 Å². The molecule has 3 rings (SSSR count). The van der Waals surface area contributed by atoms with Crippen LogP contribution in [0, 0.1) is 6.92 Å². The summed E-state index contributed by atoms with van der Waals surface area (Å²) in [4.78, 5) is 16.4. The molecule has 1 heterocycles. The molecule has 0 saturated carbocycles. The first-order valence-corrected chi connectivity index (χ1v) is 7.31. The van der Waals surface area contributed by atoms with Crippen molar-refractivity contribution in [2.24, 2.45) is 0 Å². The van der Waals surface area contributed by atoms with Crippen LogP contribution in [0.4, 0.5) is 0 Å². The normalized spacial score (nSPS) is 10.6. The van der Waals surface area contributed by atoms with Crippen LogP contribution < -0.4 is 0 Å². The number of esters is 1. The van der Waals surface area contributed by atoms with Gasteiger partial charge in [-0.25, -0.2) is 4.79 Å².